The van der Waals surface area contributed by atoms with E-state index in [1.807, 2.05) is 0 Å². The van der Waals surface area contributed by atoms with Gasteiger partial charge in [0.15, 0.2) is 0 Å². The molecule has 0 aliphatic heterocycles. The number of rotatable bonds is 24. The molecule has 4 nitrogen and oxygen atoms in total. The van der Waals surface area contributed by atoms with E-state index in [0.29, 0.717) is 6.42 Å². The Morgan fingerprint density at radius 1 is 0.778 bits per heavy atom. The molecule has 1 aromatic carbocycles. The highest BCUT2D eigenvalue weighted by atomic mass is 16.3. The van der Waals surface area contributed by atoms with Crippen LogP contribution in [0.15, 0.2) is 30.3 Å². The zero-order chi connectivity index (χ0) is 26.3. The number of quaternary nitrogens is 1. The molecule has 0 bridgehead atoms. The summed E-state index contributed by atoms with van der Waals surface area (Å²) in [5.74, 6) is 0.220. The number of hydrogen-bond acceptors (Lipinski definition) is 2. The van der Waals surface area contributed by atoms with Gasteiger partial charge in [-0.1, -0.05) is 108 Å². The van der Waals surface area contributed by atoms with Crippen molar-refractivity contribution in [3.63, 3.8) is 0 Å². The zero-order valence-electron chi connectivity index (χ0n) is 24.1. The third kappa shape index (κ3) is 16.4. The van der Waals surface area contributed by atoms with Gasteiger partial charge in [0, 0.05) is 24.9 Å². The van der Waals surface area contributed by atoms with E-state index in [4.69, 9.17) is 0 Å². The van der Waals surface area contributed by atoms with Gasteiger partial charge in [-0.05, 0) is 33.1 Å². The summed E-state index contributed by atoms with van der Waals surface area (Å²) in [6.45, 7) is 12.0. The third-order valence-corrected chi connectivity index (χ3v) is 7.92. The molecule has 36 heavy (non-hydrogen) atoms. The van der Waals surface area contributed by atoms with E-state index in [1.165, 1.54) is 63.4 Å². The van der Waals surface area contributed by atoms with Gasteiger partial charge in [-0.2, -0.15) is 0 Å². The second-order valence-electron chi connectivity index (χ2n) is 10.9. The van der Waals surface area contributed by atoms with E-state index in [0.717, 1.165) is 75.7 Å². The smallest absolute Gasteiger partial charge is 0.219 e. The highest BCUT2D eigenvalue weighted by molar-refractivity contribution is 5.75. The van der Waals surface area contributed by atoms with Crippen molar-refractivity contribution >= 4 is 5.91 Å². The minimum absolute atomic E-state index is 0.0813. The number of aliphatic hydroxyl groups excluding tert-OH is 1. The van der Waals surface area contributed by atoms with Crippen molar-refractivity contribution in [3.8, 4) is 0 Å². The van der Waals surface area contributed by atoms with Gasteiger partial charge >= 0.3 is 0 Å². The maximum Gasteiger partial charge on any atom is 0.219 e. The second kappa shape index (κ2) is 21.7. The predicted molar refractivity (Wildman–Crippen MR) is 155 cm³/mol. The van der Waals surface area contributed by atoms with Gasteiger partial charge in [0.2, 0.25) is 5.91 Å². The van der Waals surface area contributed by atoms with Crippen LogP contribution in [0.1, 0.15) is 129 Å². The summed E-state index contributed by atoms with van der Waals surface area (Å²) in [6.07, 6.45) is 18.2. The molecule has 0 fully saturated rings. The third-order valence-electron chi connectivity index (χ3n) is 7.92. The van der Waals surface area contributed by atoms with E-state index in [2.05, 4.69) is 56.4 Å². The molecule has 0 heterocycles. The summed E-state index contributed by atoms with van der Waals surface area (Å²) < 4.78 is 1.08. The summed E-state index contributed by atoms with van der Waals surface area (Å²) in [7, 11) is 0. The highest BCUT2D eigenvalue weighted by Gasteiger charge is 2.23. The average Bonchev–Trinajstić information content (AvgIpc) is 2.90. The van der Waals surface area contributed by atoms with Gasteiger partial charge in [0.05, 0.1) is 25.7 Å². The largest absolute Gasteiger partial charge is 0.393 e. The first-order chi connectivity index (χ1) is 17.5. The lowest BCUT2D eigenvalue weighted by Gasteiger charge is -2.37. The maximum absolute atomic E-state index is 12.2. The Morgan fingerprint density at radius 2 is 1.33 bits per heavy atom. The normalized spacial score (nSPS) is 12.6. The van der Waals surface area contributed by atoms with Crippen molar-refractivity contribution in [2.45, 2.75) is 136 Å². The SMILES string of the molecule is CCCCCCC(O)CCCCCCCCCCC(=O)NCCC[N+](CC)(CC)Cc1ccccc1. The molecule has 1 atom stereocenters. The summed E-state index contributed by atoms with van der Waals surface area (Å²) in [5, 5.41) is 13.2. The van der Waals surface area contributed by atoms with Crippen LogP contribution in [0.25, 0.3) is 0 Å². The molecule has 208 valence electrons. The van der Waals surface area contributed by atoms with Gasteiger partial charge in [-0.25, -0.2) is 0 Å². The topological polar surface area (TPSA) is 49.3 Å². The summed E-state index contributed by atoms with van der Waals surface area (Å²) in [6, 6.07) is 10.8. The van der Waals surface area contributed by atoms with Gasteiger partial charge in [0.25, 0.3) is 0 Å². The number of unbranched alkanes of at least 4 members (excludes halogenated alkanes) is 10. The van der Waals surface area contributed by atoms with Gasteiger partial charge in [-0.15, -0.1) is 0 Å². The molecule has 0 radical (unpaired) electrons. The molecule has 0 aliphatic carbocycles. The molecular formula is C32H59N2O2+. The number of nitrogens with one attached hydrogen (secondary N) is 1. The fraction of sp³-hybridized carbons (Fsp3) is 0.781. The minimum atomic E-state index is -0.0813. The molecule has 0 spiro atoms. The first-order valence-corrected chi connectivity index (χ1v) is 15.4. The molecule has 1 aromatic rings. The Balaban J connectivity index is 1.98. The fourth-order valence-corrected chi connectivity index (χ4v) is 5.22. The quantitative estimate of drug-likeness (QED) is 0.112. The standard InChI is InChI=1S/C32H58N2O2/c1-4-7-8-18-24-31(35)25-19-13-11-9-10-12-14-20-26-32(36)33-27-21-28-34(5-2,6-3)29-30-22-16-15-17-23-30/h15-17,22-23,31,35H,4-14,18-21,24-29H2,1-3H3/p+1. The second-order valence-corrected chi connectivity index (χ2v) is 10.9. The molecule has 0 saturated carbocycles. The zero-order valence-corrected chi connectivity index (χ0v) is 24.1. The minimum Gasteiger partial charge on any atom is -0.393 e. The van der Waals surface area contributed by atoms with E-state index in [-0.39, 0.29) is 12.0 Å². The van der Waals surface area contributed by atoms with Crippen LogP contribution >= 0.6 is 0 Å². The predicted octanol–water partition coefficient (Wildman–Crippen LogP) is 7.78. The number of amides is 1. The number of nitrogens with zero attached hydrogens (tertiary/aromatic N) is 1. The van der Waals surface area contributed by atoms with Crippen molar-refractivity contribution in [3.05, 3.63) is 35.9 Å². The first-order valence-electron chi connectivity index (χ1n) is 15.4. The molecular weight excluding hydrogens is 444 g/mol. The summed E-state index contributed by atoms with van der Waals surface area (Å²) in [5.41, 5.74) is 1.40. The van der Waals surface area contributed by atoms with E-state index < -0.39 is 0 Å². The summed E-state index contributed by atoms with van der Waals surface area (Å²) in [4.78, 5) is 12.2. The molecule has 2 N–H and O–H groups in total. The van der Waals surface area contributed by atoms with Crippen molar-refractivity contribution in [2.24, 2.45) is 0 Å². The number of hydrogen-bond donors (Lipinski definition) is 2. The fourth-order valence-electron chi connectivity index (χ4n) is 5.22. The Morgan fingerprint density at radius 3 is 1.92 bits per heavy atom. The van der Waals surface area contributed by atoms with Crippen LogP contribution in [-0.4, -0.2) is 47.8 Å². The Hall–Kier alpha value is -1.39. The number of carbonyl (C=O) groups excluding carboxylic acids is 1. The Kier molecular flexibility index (Phi) is 19.6. The highest BCUT2D eigenvalue weighted by Crippen LogP contribution is 2.16. The first kappa shape index (κ1) is 32.6. The maximum atomic E-state index is 12.2. The monoisotopic (exact) mass is 503 g/mol. The Labute approximate surface area is 223 Å². The molecule has 0 aliphatic rings. The van der Waals surface area contributed by atoms with Crippen molar-refractivity contribution in [2.75, 3.05) is 26.2 Å². The lowest BCUT2D eigenvalue weighted by Crippen LogP contribution is -2.48. The molecule has 0 aromatic heterocycles. The van der Waals surface area contributed by atoms with Crippen LogP contribution in [0.3, 0.4) is 0 Å². The lowest BCUT2D eigenvalue weighted by molar-refractivity contribution is -0.937. The van der Waals surface area contributed by atoms with Crippen LogP contribution < -0.4 is 5.32 Å². The molecule has 4 heteroatoms. The van der Waals surface area contributed by atoms with Crippen LogP contribution in [0.2, 0.25) is 0 Å². The molecule has 0 saturated heterocycles. The van der Waals surface area contributed by atoms with Gasteiger partial charge in [0.1, 0.15) is 6.54 Å². The Bertz CT molecular complexity index is 630. The van der Waals surface area contributed by atoms with Crippen molar-refractivity contribution < 1.29 is 14.4 Å². The van der Waals surface area contributed by atoms with Crippen molar-refractivity contribution in [1.29, 1.82) is 0 Å². The van der Waals surface area contributed by atoms with E-state index >= 15 is 0 Å². The molecule has 1 amide bonds. The number of benzene rings is 1. The average molecular weight is 504 g/mol. The van der Waals surface area contributed by atoms with Crippen molar-refractivity contribution in [1.82, 2.24) is 5.32 Å². The number of aliphatic hydroxyl groups is 1. The van der Waals surface area contributed by atoms with Crippen LogP contribution in [0.4, 0.5) is 0 Å². The van der Waals surface area contributed by atoms with Crippen LogP contribution in [0, 0.1) is 0 Å². The molecule has 1 unspecified atom stereocenters. The van der Waals surface area contributed by atoms with Crippen LogP contribution in [0.5, 0.6) is 0 Å². The van der Waals surface area contributed by atoms with E-state index in [1.54, 1.807) is 0 Å². The summed E-state index contributed by atoms with van der Waals surface area (Å²) >= 11 is 0. The van der Waals surface area contributed by atoms with E-state index in [9.17, 15) is 9.90 Å². The lowest BCUT2D eigenvalue weighted by atomic mass is 10.0. The van der Waals surface area contributed by atoms with Crippen LogP contribution in [-0.2, 0) is 11.3 Å². The van der Waals surface area contributed by atoms with Gasteiger partial charge in [-0.3, -0.25) is 4.79 Å². The number of carbonyl (C=O) groups is 1. The molecule has 1 rings (SSSR count). The van der Waals surface area contributed by atoms with Gasteiger partial charge < -0.3 is 14.9 Å².